The minimum absolute atomic E-state index is 0.0701. The van der Waals surface area contributed by atoms with Crippen molar-refractivity contribution in [3.8, 4) is 0 Å². The van der Waals surface area contributed by atoms with Gasteiger partial charge in [-0.25, -0.2) is 12.8 Å². The lowest BCUT2D eigenvalue weighted by atomic mass is 9.89. The number of benzene rings is 3. The fourth-order valence-corrected chi connectivity index (χ4v) is 7.88. The minimum Gasteiger partial charge on any atom is -0.361 e. The summed E-state index contributed by atoms with van der Waals surface area (Å²) in [6.45, 7) is -0.127. The van der Waals surface area contributed by atoms with Crippen molar-refractivity contribution >= 4 is 44.8 Å². The van der Waals surface area contributed by atoms with Crippen LogP contribution in [0.2, 0.25) is 10.0 Å². The summed E-state index contributed by atoms with van der Waals surface area (Å²) in [4.78, 5) is 15.5. The molecule has 6 nitrogen and oxygen atoms in total. The smallest absolute Gasteiger partial charge is 0.249 e. The lowest BCUT2D eigenvalue weighted by Gasteiger charge is -2.46. The highest BCUT2D eigenvalue weighted by molar-refractivity contribution is 7.94. The molecule has 1 heterocycles. The van der Waals surface area contributed by atoms with Crippen LogP contribution in [0.25, 0.3) is 0 Å². The number of halogens is 3. The number of nitrogens with one attached hydrogen (secondary N) is 1. The zero-order valence-corrected chi connectivity index (χ0v) is 23.9. The Morgan fingerprint density at radius 3 is 2.35 bits per heavy atom. The van der Waals surface area contributed by atoms with Crippen LogP contribution in [0.15, 0.2) is 72.8 Å². The van der Waals surface area contributed by atoms with Gasteiger partial charge in [0.05, 0.1) is 16.5 Å². The maximum atomic E-state index is 14.4. The van der Waals surface area contributed by atoms with Crippen molar-refractivity contribution in [1.29, 1.82) is 0 Å². The summed E-state index contributed by atoms with van der Waals surface area (Å²) in [5.74, 6) is -0.653. The number of rotatable bonds is 9. The van der Waals surface area contributed by atoms with Crippen molar-refractivity contribution in [2.75, 3.05) is 11.3 Å². The number of anilines is 1. The van der Waals surface area contributed by atoms with Gasteiger partial charge < -0.3 is 9.64 Å². The van der Waals surface area contributed by atoms with Crippen LogP contribution >= 0.6 is 23.2 Å². The number of amides is 1. The highest BCUT2D eigenvalue weighted by Gasteiger charge is 2.59. The van der Waals surface area contributed by atoms with Crippen molar-refractivity contribution < 1.29 is 22.3 Å². The van der Waals surface area contributed by atoms with Gasteiger partial charge in [-0.1, -0.05) is 59.6 Å². The minimum atomic E-state index is -3.93. The molecule has 0 bridgehead atoms. The Hall–Kier alpha value is -2.65. The van der Waals surface area contributed by atoms with Gasteiger partial charge in [0.25, 0.3) is 0 Å². The highest BCUT2D eigenvalue weighted by Crippen LogP contribution is 2.54. The average Bonchev–Trinajstić information content (AvgIpc) is 3.84. The standard InChI is InChI=1S/C30H29Cl2FN2O4S/c31-22-12-10-20(11-13-22)28-29(21-4-3-5-23(32)16-21)39-18-27(36)35(28)26(19-8-9-19)17-30(14-15-30)40(37,38)34-25-7-2-1-6-24(25)33/h1-7,10-13,16,19,26,28-29,34H,8-9,14-15,17-18H2/t26-,28+,29+/m0/s1. The van der Waals surface area contributed by atoms with E-state index in [1.165, 1.54) is 18.2 Å². The molecule has 0 unspecified atom stereocenters. The van der Waals surface area contributed by atoms with E-state index in [4.69, 9.17) is 27.9 Å². The van der Waals surface area contributed by atoms with Gasteiger partial charge in [0.2, 0.25) is 15.9 Å². The summed E-state index contributed by atoms with van der Waals surface area (Å²) >= 11 is 12.5. The average molecular weight is 604 g/mol. The van der Waals surface area contributed by atoms with Gasteiger partial charge in [0, 0.05) is 16.1 Å². The molecule has 3 aromatic rings. The molecule has 3 aromatic carbocycles. The molecule has 3 fully saturated rings. The lowest BCUT2D eigenvalue weighted by molar-refractivity contribution is -0.164. The molecule has 40 heavy (non-hydrogen) atoms. The second-order valence-electron chi connectivity index (χ2n) is 11.0. The molecule has 3 aliphatic rings. The van der Waals surface area contributed by atoms with E-state index in [1.54, 1.807) is 24.3 Å². The Morgan fingerprint density at radius 2 is 1.70 bits per heavy atom. The molecule has 1 N–H and O–H groups in total. The van der Waals surface area contributed by atoms with Crippen molar-refractivity contribution in [3.05, 3.63) is 99.8 Å². The number of carbonyl (C=O) groups excluding carboxylic acids is 1. The quantitative estimate of drug-likeness (QED) is 0.288. The first-order chi connectivity index (χ1) is 19.2. The number of nitrogens with zero attached hydrogens (tertiary/aromatic N) is 1. The zero-order valence-electron chi connectivity index (χ0n) is 21.6. The van der Waals surface area contributed by atoms with Gasteiger partial charge in [-0.05, 0) is 85.5 Å². The van der Waals surface area contributed by atoms with Crippen molar-refractivity contribution in [2.24, 2.45) is 5.92 Å². The molecule has 1 amide bonds. The molecule has 2 saturated carbocycles. The van der Waals surface area contributed by atoms with Crippen LogP contribution in [0, 0.1) is 11.7 Å². The number of ether oxygens (including phenoxy) is 1. The summed E-state index contributed by atoms with van der Waals surface area (Å²) in [5, 5.41) is 1.12. The van der Waals surface area contributed by atoms with Gasteiger partial charge >= 0.3 is 0 Å². The zero-order chi connectivity index (χ0) is 28.1. The first-order valence-corrected chi connectivity index (χ1v) is 15.6. The highest BCUT2D eigenvalue weighted by atomic mass is 35.5. The van der Waals surface area contributed by atoms with E-state index in [0.717, 1.165) is 24.0 Å². The Kier molecular flexibility index (Phi) is 7.32. The van der Waals surface area contributed by atoms with Crippen LogP contribution in [0.3, 0.4) is 0 Å². The molecule has 210 valence electrons. The molecule has 0 aromatic heterocycles. The number of morpholine rings is 1. The normalized spacial score (nSPS) is 23.1. The lowest BCUT2D eigenvalue weighted by Crippen LogP contribution is -2.53. The van der Waals surface area contributed by atoms with E-state index < -0.39 is 32.7 Å². The fraction of sp³-hybridized carbons (Fsp3) is 0.367. The SMILES string of the molecule is O=C1CO[C@H](c2cccc(Cl)c2)[C@@H](c2ccc(Cl)cc2)N1[C@@H](CC1(S(=O)(=O)Nc2ccccc2F)CC1)C1CC1. The van der Waals surface area contributed by atoms with E-state index in [1.807, 2.05) is 35.2 Å². The van der Waals surface area contributed by atoms with Crippen LogP contribution in [0.5, 0.6) is 0 Å². The molecular weight excluding hydrogens is 574 g/mol. The van der Waals surface area contributed by atoms with E-state index in [-0.39, 0.29) is 36.6 Å². The Morgan fingerprint density at radius 1 is 0.975 bits per heavy atom. The summed E-state index contributed by atoms with van der Waals surface area (Å²) in [6, 6.07) is 19.6. The molecular formula is C30H29Cl2FN2O4S. The first kappa shape index (κ1) is 27.5. The molecule has 3 atom stereocenters. The Labute approximate surface area is 243 Å². The number of carbonyl (C=O) groups is 1. The van der Waals surface area contributed by atoms with Crippen LogP contribution in [-0.4, -0.2) is 36.6 Å². The van der Waals surface area contributed by atoms with E-state index in [0.29, 0.717) is 22.9 Å². The van der Waals surface area contributed by atoms with E-state index in [9.17, 15) is 17.6 Å². The maximum Gasteiger partial charge on any atom is 0.249 e. The number of sulfonamides is 1. The Bertz CT molecular complexity index is 1530. The molecule has 0 radical (unpaired) electrons. The van der Waals surface area contributed by atoms with Crippen LogP contribution in [-0.2, 0) is 19.6 Å². The molecule has 10 heteroatoms. The Balaban J connectivity index is 1.37. The molecule has 1 aliphatic heterocycles. The van der Waals surface area contributed by atoms with Crippen LogP contribution in [0.1, 0.15) is 55.4 Å². The predicted molar refractivity (Wildman–Crippen MR) is 153 cm³/mol. The summed E-state index contributed by atoms with van der Waals surface area (Å²) in [6.07, 6.45) is 2.45. The van der Waals surface area contributed by atoms with Crippen LogP contribution < -0.4 is 4.72 Å². The van der Waals surface area contributed by atoms with Gasteiger partial charge in [-0.15, -0.1) is 0 Å². The predicted octanol–water partition coefficient (Wildman–Crippen LogP) is 6.92. The second kappa shape index (κ2) is 10.6. The maximum absolute atomic E-state index is 14.4. The fourth-order valence-electron chi connectivity index (χ4n) is 5.85. The van der Waals surface area contributed by atoms with Gasteiger partial charge in [-0.3, -0.25) is 9.52 Å². The van der Waals surface area contributed by atoms with Gasteiger partial charge in [0.15, 0.2) is 0 Å². The second-order valence-corrected chi connectivity index (χ2v) is 13.9. The largest absolute Gasteiger partial charge is 0.361 e. The topological polar surface area (TPSA) is 75.7 Å². The van der Waals surface area contributed by atoms with Crippen molar-refractivity contribution in [1.82, 2.24) is 4.90 Å². The summed E-state index contributed by atoms with van der Waals surface area (Å²) in [5.41, 5.74) is 1.60. The van der Waals surface area contributed by atoms with E-state index in [2.05, 4.69) is 4.72 Å². The summed E-state index contributed by atoms with van der Waals surface area (Å²) < 4.78 is 49.2. The number of para-hydroxylation sites is 1. The summed E-state index contributed by atoms with van der Waals surface area (Å²) in [7, 11) is -3.93. The number of hydrogen-bond donors (Lipinski definition) is 1. The van der Waals surface area contributed by atoms with Crippen molar-refractivity contribution in [3.63, 3.8) is 0 Å². The van der Waals surface area contributed by atoms with Gasteiger partial charge in [-0.2, -0.15) is 0 Å². The molecule has 0 spiro atoms. The van der Waals surface area contributed by atoms with Crippen molar-refractivity contribution in [2.45, 2.75) is 55.0 Å². The third kappa shape index (κ3) is 5.34. The van der Waals surface area contributed by atoms with E-state index >= 15 is 0 Å². The molecule has 1 saturated heterocycles. The third-order valence-corrected chi connectivity index (χ3v) is 10.9. The molecule has 2 aliphatic carbocycles. The van der Waals surface area contributed by atoms with Gasteiger partial charge in [0.1, 0.15) is 18.5 Å². The number of hydrogen-bond acceptors (Lipinski definition) is 4. The third-order valence-electron chi connectivity index (χ3n) is 8.25. The van der Waals surface area contributed by atoms with Crippen LogP contribution in [0.4, 0.5) is 10.1 Å². The molecule has 6 rings (SSSR count). The first-order valence-electron chi connectivity index (χ1n) is 13.4. The monoisotopic (exact) mass is 602 g/mol.